The van der Waals surface area contributed by atoms with Gasteiger partial charge in [0, 0.05) is 22.7 Å². The van der Waals surface area contributed by atoms with Gasteiger partial charge in [-0.25, -0.2) is 4.79 Å². The van der Waals surface area contributed by atoms with Crippen molar-refractivity contribution in [2.45, 2.75) is 0 Å². The van der Waals surface area contributed by atoms with Gasteiger partial charge in [0.25, 0.3) is 0 Å². The maximum atomic E-state index is 12.3. The van der Waals surface area contributed by atoms with E-state index in [1.54, 1.807) is 54.6 Å². The van der Waals surface area contributed by atoms with E-state index >= 15 is 0 Å². The molecule has 4 aromatic rings. The fraction of sp³-hybridized carbons (Fsp3) is 0. The predicted molar refractivity (Wildman–Crippen MR) is 109 cm³/mol. The van der Waals surface area contributed by atoms with Crippen LogP contribution in [0.25, 0.3) is 28.2 Å². The Labute approximate surface area is 164 Å². The van der Waals surface area contributed by atoms with Crippen molar-refractivity contribution >= 4 is 40.2 Å². The standard InChI is InChI=1S/C22H14ClNO4/c23-19-13-15(24-21(25)10-8-16-5-3-11-27-16)7-9-17(19)18-12-14-4-1-2-6-20(14)28-22(18)26/h1-13H,(H,24,25)/b10-8+. The van der Waals surface area contributed by atoms with E-state index in [9.17, 15) is 9.59 Å². The molecule has 0 bridgehead atoms. The highest BCUT2D eigenvalue weighted by Crippen LogP contribution is 2.30. The summed E-state index contributed by atoms with van der Waals surface area (Å²) in [6.07, 6.45) is 4.45. The van der Waals surface area contributed by atoms with Gasteiger partial charge in [0.15, 0.2) is 0 Å². The molecule has 1 amide bonds. The number of para-hydroxylation sites is 1. The van der Waals surface area contributed by atoms with E-state index in [2.05, 4.69) is 5.32 Å². The molecule has 0 saturated heterocycles. The van der Waals surface area contributed by atoms with E-state index in [0.717, 1.165) is 5.39 Å². The quantitative estimate of drug-likeness (QED) is 0.375. The van der Waals surface area contributed by atoms with Crippen molar-refractivity contribution in [3.05, 3.63) is 94.2 Å². The molecule has 0 spiro atoms. The summed E-state index contributed by atoms with van der Waals surface area (Å²) in [5.74, 6) is 0.247. The molecule has 0 aliphatic carbocycles. The number of amides is 1. The molecule has 0 unspecified atom stereocenters. The van der Waals surface area contributed by atoms with Crippen LogP contribution in [-0.2, 0) is 4.79 Å². The molecule has 0 aliphatic heterocycles. The SMILES string of the molecule is O=C(/C=C/c1ccco1)Nc1ccc(-c2cc3ccccc3oc2=O)c(Cl)c1. The summed E-state index contributed by atoms with van der Waals surface area (Å²) in [6, 6.07) is 17.4. The molecule has 138 valence electrons. The van der Waals surface area contributed by atoms with Gasteiger partial charge in [-0.2, -0.15) is 0 Å². The second-order valence-corrected chi connectivity index (χ2v) is 6.43. The van der Waals surface area contributed by atoms with Crippen LogP contribution in [0.4, 0.5) is 5.69 Å². The minimum Gasteiger partial charge on any atom is -0.465 e. The van der Waals surface area contributed by atoms with Crippen LogP contribution in [0.1, 0.15) is 5.76 Å². The molecule has 0 aliphatic rings. The molecule has 5 nitrogen and oxygen atoms in total. The zero-order chi connectivity index (χ0) is 19.5. The lowest BCUT2D eigenvalue weighted by Gasteiger charge is -2.08. The first kappa shape index (κ1) is 17.8. The van der Waals surface area contributed by atoms with E-state index in [0.29, 0.717) is 33.2 Å². The first-order valence-corrected chi connectivity index (χ1v) is 8.83. The Morgan fingerprint density at radius 2 is 1.86 bits per heavy atom. The van der Waals surface area contributed by atoms with E-state index < -0.39 is 5.63 Å². The Hall–Kier alpha value is -3.57. The van der Waals surface area contributed by atoms with E-state index in [1.165, 1.54) is 12.3 Å². The Kier molecular flexibility index (Phi) is 4.83. The lowest BCUT2D eigenvalue weighted by Crippen LogP contribution is -2.08. The van der Waals surface area contributed by atoms with Crippen molar-refractivity contribution in [1.29, 1.82) is 0 Å². The molecule has 2 heterocycles. The highest BCUT2D eigenvalue weighted by molar-refractivity contribution is 6.33. The maximum Gasteiger partial charge on any atom is 0.344 e. The number of carbonyl (C=O) groups excluding carboxylic acids is 1. The molecule has 2 aromatic heterocycles. The van der Waals surface area contributed by atoms with Gasteiger partial charge in [0.1, 0.15) is 11.3 Å². The topological polar surface area (TPSA) is 72.5 Å². The third-order valence-electron chi connectivity index (χ3n) is 4.11. The minimum absolute atomic E-state index is 0.328. The van der Waals surface area contributed by atoms with Crippen LogP contribution in [-0.4, -0.2) is 5.91 Å². The number of carbonyl (C=O) groups is 1. The summed E-state index contributed by atoms with van der Waals surface area (Å²) in [5, 5.41) is 3.84. The second kappa shape index (κ2) is 7.58. The fourth-order valence-electron chi connectivity index (χ4n) is 2.79. The Balaban J connectivity index is 1.59. The molecule has 0 atom stereocenters. The van der Waals surface area contributed by atoms with Crippen LogP contribution in [0, 0.1) is 0 Å². The number of hydrogen-bond donors (Lipinski definition) is 1. The van der Waals surface area contributed by atoms with Crippen LogP contribution in [0.5, 0.6) is 0 Å². The number of benzene rings is 2. The summed E-state index contributed by atoms with van der Waals surface area (Å²) in [4.78, 5) is 24.4. The first-order chi connectivity index (χ1) is 13.6. The highest BCUT2D eigenvalue weighted by Gasteiger charge is 2.12. The lowest BCUT2D eigenvalue weighted by molar-refractivity contribution is -0.111. The molecule has 2 aromatic carbocycles. The third-order valence-corrected chi connectivity index (χ3v) is 4.42. The van der Waals surface area contributed by atoms with Gasteiger partial charge >= 0.3 is 5.63 Å². The summed E-state index contributed by atoms with van der Waals surface area (Å²) in [7, 11) is 0. The Morgan fingerprint density at radius 1 is 1.00 bits per heavy atom. The van der Waals surface area contributed by atoms with Gasteiger partial charge in [-0.05, 0) is 42.5 Å². The van der Waals surface area contributed by atoms with Gasteiger partial charge in [-0.3, -0.25) is 4.79 Å². The number of rotatable bonds is 4. The average molecular weight is 392 g/mol. The zero-order valence-electron chi connectivity index (χ0n) is 14.5. The molecule has 6 heteroatoms. The number of fused-ring (bicyclic) bond motifs is 1. The third kappa shape index (κ3) is 3.75. The van der Waals surface area contributed by atoms with Crippen molar-refractivity contribution < 1.29 is 13.6 Å². The molecule has 1 N–H and O–H groups in total. The predicted octanol–water partition coefficient (Wildman–Crippen LogP) is 5.36. The van der Waals surface area contributed by atoms with Gasteiger partial charge in [-0.15, -0.1) is 0 Å². The number of anilines is 1. The minimum atomic E-state index is -0.473. The number of furan rings is 1. The smallest absolute Gasteiger partial charge is 0.344 e. The van der Waals surface area contributed by atoms with Crippen molar-refractivity contribution in [1.82, 2.24) is 0 Å². The lowest BCUT2D eigenvalue weighted by atomic mass is 10.1. The molecule has 0 saturated carbocycles. The van der Waals surface area contributed by atoms with Crippen LogP contribution >= 0.6 is 11.6 Å². The molecule has 0 radical (unpaired) electrons. The number of halogens is 1. The van der Waals surface area contributed by atoms with Gasteiger partial charge in [-0.1, -0.05) is 35.9 Å². The zero-order valence-corrected chi connectivity index (χ0v) is 15.3. The van der Waals surface area contributed by atoms with E-state index in [1.807, 2.05) is 12.1 Å². The molecule has 0 fully saturated rings. The van der Waals surface area contributed by atoms with Crippen LogP contribution in [0.2, 0.25) is 5.02 Å². The first-order valence-electron chi connectivity index (χ1n) is 8.45. The van der Waals surface area contributed by atoms with Crippen LogP contribution in [0.3, 0.4) is 0 Å². The average Bonchev–Trinajstić information content (AvgIpc) is 3.20. The van der Waals surface area contributed by atoms with Crippen LogP contribution < -0.4 is 10.9 Å². The maximum absolute atomic E-state index is 12.3. The Morgan fingerprint density at radius 3 is 2.64 bits per heavy atom. The van der Waals surface area contributed by atoms with Crippen LogP contribution in [0.15, 0.2) is 86.6 Å². The summed E-state index contributed by atoms with van der Waals surface area (Å²) < 4.78 is 10.5. The van der Waals surface area contributed by atoms with Crippen molar-refractivity contribution in [2.24, 2.45) is 0 Å². The fourth-order valence-corrected chi connectivity index (χ4v) is 3.07. The van der Waals surface area contributed by atoms with Gasteiger partial charge < -0.3 is 14.2 Å². The van der Waals surface area contributed by atoms with Gasteiger partial charge in [0.05, 0.1) is 16.8 Å². The summed E-state index contributed by atoms with van der Waals surface area (Å²) in [6.45, 7) is 0. The second-order valence-electron chi connectivity index (χ2n) is 6.02. The van der Waals surface area contributed by atoms with Crippen molar-refractivity contribution in [3.8, 4) is 11.1 Å². The monoisotopic (exact) mass is 391 g/mol. The number of hydrogen-bond acceptors (Lipinski definition) is 4. The van der Waals surface area contributed by atoms with Crippen molar-refractivity contribution in [3.63, 3.8) is 0 Å². The molecular weight excluding hydrogens is 378 g/mol. The summed E-state index contributed by atoms with van der Waals surface area (Å²) >= 11 is 6.36. The summed E-state index contributed by atoms with van der Waals surface area (Å²) in [5.41, 5.74) is 1.44. The van der Waals surface area contributed by atoms with E-state index in [4.69, 9.17) is 20.4 Å². The molecule has 28 heavy (non-hydrogen) atoms. The largest absolute Gasteiger partial charge is 0.465 e. The number of nitrogens with one attached hydrogen (secondary N) is 1. The van der Waals surface area contributed by atoms with Crippen molar-refractivity contribution in [2.75, 3.05) is 5.32 Å². The molecular formula is C22H14ClNO4. The van der Waals surface area contributed by atoms with E-state index in [-0.39, 0.29) is 5.91 Å². The molecule has 4 rings (SSSR count). The normalized spacial score (nSPS) is 11.2. The highest BCUT2D eigenvalue weighted by atomic mass is 35.5. The Bertz CT molecular complexity index is 1240. The van der Waals surface area contributed by atoms with Gasteiger partial charge in [0.2, 0.25) is 5.91 Å².